The molecule has 2 aliphatic rings. The summed E-state index contributed by atoms with van der Waals surface area (Å²) in [6, 6.07) is 6.24. The van der Waals surface area contributed by atoms with Crippen LogP contribution in [-0.2, 0) is 0 Å². The number of ether oxygens (including phenoxy) is 1. The summed E-state index contributed by atoms with van der Waals surface area (Å²) in [6.07, 6.45) is 2.39. The van der Waals surface area contributed by atoms with Gasteiger partial charge < -0.3 is 15.0 Å². The molecule has 0 aromatic heterocycles. The quantitative estimate of drug-likeness (QED) is 0.920. The van der Waals surface area contributed by atoms with Gasteiger partial charge in [-0.25, -0.2) is 0 Å². The summed E-state index contributed by atoms with van der Waals surface area (Å²) >= 11 is 0. The molecule has 1 atom stereocenters. The van der Waals surface area contributed by atoms with E-state index >= 15 is 0 Å². The van der Waals surface area contributed by atoms with Crippen LogP contribution in [0.3, 0.4) is 0 Å². The van der Waals surface area contributed by atoms with Crippen molar-refractivity contribution in [2.75, 3.05) is 44.7 Å². The molecule has 1 saturated heterocycles. The molecule has 120 valence electrons. The number of rotatable bonds is 4. The Morgan fingerprint density at radius 1 is 1.41 bits per heavy atom. The number of benzene rings is 1. The number of carbonyl (C=O) groups excluding carboxylic acids is 1. The Morgan fingerprint density at radius 2 is 2.27 bits per heavy atom. The number of nitrogens with one attached hydrogen (secondary N) is 1. The van der Waals surface area contributed by atoms with E-state index in [0.29, 0.717) is 30.5 Å². The Labute approximate surface area is 132 Å². The van der Waals surface area contributed by atoms with Crippen molar-refractivity contribution < 1.29 is 9.53 Å². The van der Waals surface area contributed by atoms with Crippen LogP contribution in [0.25, 0.3) is 0 Å². The first kappa shape index (κ1) is 15.2. The second-order valence-corrected chi connectivity index (χ2v) is 6.06. The molecule has 1 N–H and O–H groups in total. The van der Waals surface area contributed by atoms with Gasteiger partial charge in [-0.1, -0.05) is 13.0 Å². The number of carbonyl (C=O) groups is 1. The first-order valence-electron chi connectivity index (χ1n) is 8.20. The van der Waals surface area contributed by atoms with Gasteiger partial charge in [-0.15, -0.1) is 0 Å². The number of nitrogens with zero attached hydrogens (tertiary/aromatic N) is 2. The second-order valence-electron chi connectivity index (χ2n) is 6.06. The SMILES string of the molecule is CCN1CCCC1CNC(=O)c1cccc2c1OCCN2C. The summed E-state index contributed by atoms with van der Waals surface area (Å²) < 4.78 is 5.75. The van der Waals surface area contributed by atoms with Gasteiger partial charge in [-0.05, 0) is 38.1 Å². The van der Waals surface area contributed by atoms with Crippen LogP contribution in [0.1, 0.15) is 30.1 Å². The Bertz CT molecular complexity index is 547. The van der Waals surface area contributed by atoms with Crippen LogP contribution in [0.5, 0.6) is 5.75 Å². The zero-order valence-corrected chi connectivity index (χ0v) is 13.5. The van der Waals surface area contributed by atoms with Crippen LogP contribution in [-0.4, -0.2) is 56.7 Å². The molecule has 22 heavy (non-hydrogen) atoms. The summed E-state index contributed by atoms with van der Waals surface area (Å²) in [6.45, 7) is 6.57. The third-order valence-corrected chi connectivity index (χ3v) is 4.73. The predicted octanol–water partition coefficient (Wildman–Crippen LogP) is 1.73. The lowest BCUT2D eigenvalue weighted by Crippen LogP contribution is -2.40. The number of fused-ring (bicyclic) bond motifs is 1. The van der Waals surface area contributed by atoms with E-state index in [2.05, 4.69) is 22.0 Å². The number of para-hydroxylation sites is 1. The lowest BCUT2D eigenvalue weighted by Gasteiger charge is -2.29. The summed E-state index contributed by atoms with van der Waals surface area (Å²) in [5.41, 5.74) is 1.64. The molecule has 1 aromatic carbocycles. The van der Waals surface area contributed by atoms with Crippen molar-refractivity contribution in [3.8, 4) is 5.75 Å². The molecule has 1 amide bonds. The van der Waals surface area contributed by atoms with Gasteiger partial charge in [0.05, 0.1) is 17.8 Å². The minimum absolute atomic E-state index is 0.0323. The van der Waals surface area contributed by atoms with Crippen LogP contribution in [0.4, 0.5) is 5.69 Å². The standard InChI is InChI=1S/C17H25N3O2/c1-3-20-9-5-6-13(20)12-18-17(21)14-7-4-8-15-16(14)22-11-10-19(15)2/h4,7-8,13H,3,5-6,9-12H2,1-2H3,(H,18,21). The highest BCUT2D eigenvalue weighted by atomic mass is 16.5. The Balaban J connectivity index is 1.69. The smallest absolute Gasteiger partial charge is 0.255 e. The zero-order chi connectivity index (χ0) is 15.5. The van der Waals surface area contributed by atoms with Crippen molar-refractivity contribution in [2.45, 2.75) is 25.8 Å². The average Bonchev–Trinajstić information content (AvgIpc) is 3.00. The molecular formula is C17H25N3O2. The van der Waals surface area contributed by atoms with Crippen molar-refractivity contribution in [1.82, 2.24) is 10.2 Å². The lowest BCUT2D eigenvalue weighted by atomic mass is 10.1. The number of likely N-dealkylation sites (N-methyl/N-ethyl adjacent to an activating group) is 2. The number of amides is 1. The molecular weight excluding hydrogens is 278 g/mol. The molecule has 5 heteroatoms. The van der Waals surface area contributed by atoms with E-state index in [1.807, 2.05) is 25.2 Å². The first-order valence-corrected chi connectivity index (χ1v) is 8.20. The van der Waals surface area contributed by atoms with Crippen LogP contribution >= 0.6 is 0 Å². The normalized spacial score (nSPS) is 21.4. The van der Waals surface area contributed by atoms with E-state index in [4.69, 9.17) is 4.74 Å². The van der Waals surface area contributed by atoms with Gasteiger partial charge in [0.15, 0.2) is 5.75 Å². The zero-order valence-electron chi connectivity index (χ0n) is 13.5. The molecule has 0 saturated carbocycles. The molecule has 0 spiro atoms. The number of likely N-dealkylation sites (tertiary alicyclic amines) is 1. The first-order chi connectivity index (χ1) is 10.7. The van der Waals surface area contributed by atoms with Crippen LogP contribution in [0.15, 0.2) is 18.2 Å². The summed E-state index contributed by atoms with van der Waals surface area (Å²) in [7, 11) is 2.03. The van der Waals surface area contributed by atoms with Crippen molar-refractivity contribution in [3.63, 3.8) is 0 Å². The van der Waals surface area contributed by atoms with Gasteiger partial charge in [0.1, 0.15) is 6.61 Å². The van der Waals surface area contributed by atoms with Gasteiger partial charge >= 0.3 is 0 Å². The third-order valence-electron chi connectivity index (χ3n) is 4.73. The molecule has 1 fully saturated rings. The Morgan fingerprint density at radius 3 is 3.09 bits per heavy atom. The monoisotopic (exact) mass is 303 g/mol. The van der Waals surface area contributed by atoms with Gasteiger partial charge in [0, 0.05) is 19.6 Å². The highest BCUT2D eigenvalue weighted by molar-refractivity contribution is 5.99. The van der Waals surface area contributed by atoms with Gasteiger partial charge in [0.2, 0.25) is 0 Å². The number of hydrogen-bond acceptors (Lipinski definition) is 4. The molecule has 0 bridgehead atoms. The molecule has 1 unspecified atom stereocenters. The van der Waals surface area contributed by atoms with Gasteiger partial charge in [-0.2, -0.15) is 0 Å². The van der Waals surface area contributed by atoms with Crippen LogP contribution in [0, 0.1) is 0 Å². The number of hydrogen-bond donors (Lipinski definition) is 1. The maximum Gasteiger partial charge on any atom is 0.255 e. The van der Waals surface area contributed by atoms with E-state index in [1.54, 1.807) is 0 Å². The van der Waals surface area contributed by atoms with Crippen molar-refractivity contribution in [1.29, 1.82) is 0 Å². The fraction of sp³-hybridized carbons (Fsp3) is 0.588. The van der Waals surface area contributed by atoms with E-state index in [1.165, 1.54) is 12.8 Å². The highest BCUT2D eigenvalue weighted by Gasteiger charge is 2.25. The summed E-state index contributed by atoms with van der Waals surface area (Å²) in [4.78, 5) is 17.1. The highest BCUT2D eigenvalue weighted by Crippen LogP contribution is 2.34. The van der Waals surface area contributed by atoms with Gasteiger partial charge in [0.25, 0.3) is 5.91 Å². The van der Waals surface area contributed by atoms with Crippen molar-refractivity contribution in [3.05, 3.63) is 23.8 Å². The molecule has 2 aliphatic heterocycles. The lowest BCUT2D eigenvalue weighted by molar-refractivity contribution is 0.0937. The maximum absolute atomic E-state index is 12.5. The maximum atomic E-state index is 12.5. The van der Waals surface area contributed by atoms with E-state index in [-0.39, 0.29) is 5.91 Å². The van der Waals surface area contributed by atoms with Crippen LogP contribution in [0.2, 0.25) is 0 Å². The molecule has 5 nitrogen and oxygen atoms in total. The van der Waals surface area contributed by atoms with Gasteiger partial charge in [-0.3, -0.25) is 9.69 Å². The topological polar surface area (TPSA) is 44.8 Å². The third kappa shape index (κ3) is 2.90. The minimum atomic E-state index is -0.0323. The minimum Gasteiger partial charge on any atom is -0.489 e. The summed E-state index contributed by atoms with van der Waals surface area (Å²) in [5, 5.41) is 3.09. The van der Waals surface area contributed by atoms with Crippen LogP contribution < -0.4 is 15.0 Å². The Kier molecular flexibility index (Phi) is 4.52. The Hall–Kier alpha value is -1.75. The average molecular weight is 303 g/mol. The largest absolute Gasteiger partial charge is 0.489 e. The van der Waals surface area contributed by atoms with E-state index in [9.17, 15) is 4.79 Å². The fourth-order valence-electron chi connectivity index (χ4n) is 3.41. The number of anilines is 1. The van der Waals surface area contributed by atoms with E-state index < -0.39 is 0 Å². The molecule has 1 aromatic rings. The van der Waals surface area contributed by atoms with Crippen molar-refractivity contribution in [2.24, 2.45) is 0 Å². The molecule has 0 radical (unpaired) electrons. The predicted molar refractivity (Wildman–Crippen MR) is 87.8 cm³/mol. The fourth-order valence-corrected chi connectivity index (χ4v) is 3.41. The molecule has 2 heterocycles. The van der Waals surface area contributed by atoms with E-state index in [0.717, 1.165) is 25.3 Å². The summed E-state index contributed by atoms with van der Waals surface area (Å²) in [5.74, 6) is 0.683. The molecule has 0 aliphatic carbocycles. The molecule has 3 rings (SSSR count). The van der Waals surface area contributed by atoms with Crippen molar-refractivity contribution >= 4 is 11.6 Å². The second kappa shape index (κ2) is 6.57.